The second kappa shape index (κ2) is 20.7. The highest BCUT2D eigenvalue weighted by atomic mass is 28.3. The molecule has 1 aliphatic rings. The summed E-state index contributed by atoms with van der Waals surface area (Å²) in [6.07, 6.45) is 7.87. The van der Waals surface area contributed by atoms with Gasteiger partial charge >= 0.3 is 0 Å². The molecule has 0 aromatic heterocycles. The standard InChI is InChI=1S/C69H64Si/c1-51-50-69(4,53(3)52(51)2)70(66-44-60(35-54-23-11-5-12-24-54)41-61(45-66)36-55-25-13-6-14-26-55,67-46-62(37-56-27-15-7-16-28-56)42-63(47-67)38-57-29-17-8-18-30-57)68-48-64(39-58-31-19-9-20-32-58)43-65(49-68)40-59-33-21-10-22-34-59/h5-34,41-50H,35-40H2,1-4H3. The maximum absolute atomic E-state index is 3.29. The van der Waals surface area contributed by atoms with Crippen LogP contribution in [0.15, 0.2) is 259 Å². The van der Waals surface area contributed by atoms with Gasteiger partial charge in [0.25, 0.3) is 0 Å². The summed E-state index contributed by atoms with van der Waals surface area (Å²) in [4.78, 5) is 0. The highest BCUT2D eigenvalue weighted by molar-refractivity contribution is 7.14. The van der Waals surface area contributed by atoms with Gasteiger partial charge in [-0.15, -0.1) is 0 Å². The molecule has 344 valence electrons. The van der Waals surface area contributed by atoms with Crippen molar-refractivity contribution in [1.82, 2.24) is 0 Å². The van der Waals surface area contributed by atoms with Crippen LogP contribution in [0.4, 0.5) is 0 Å². The third-order valence-corrected chi connectivity index (χ3v) is 20.7. The first-order valence-corrected chi connectivity index (χ1v) is 27.2. The van der Waals surface area contributed by atoms with Crippen molar-refractivity contribution >= 4 is 23.6 Å². The highest BCUT2D eigenvalue weighted by Gasteiger charge is 2.56. The Labute approximate surface area is 418 Å². The van der Waals surface area contributed by atoms with Gasteiger partial charge in [-0.3, -0.25) is 0 Å². The zero-order valence-corrected chi connectivity index (χ0v) is 42.3. The first-order chi connectivity index (χ1) is 34.2. The second-order valence-corrected chi connectivity index (χ2v) is 24.4. The van der Waals surface area contributed by atoms with Crippen molar-refractivity contribution in [3.63, 3.8) is 0 Å². The van der Waals surface area contributed by atoms with E-state index in [0.29, 0.717) is 0 Å². The van der Waals surface area contributed by atoms with E-state index in [1.54, 1.807) is 0 Å². The van der Waals surface area contributed by atoms with Gasteiger partial charge in [0.1, 0.15) is 0 Å². The summed E-state index contributed by atoms with van der Waals surface area (Å²) in [7, 11) is -3.29. The average Bonchev–Trinajstić information content (AvgIpc) is 3.57. The van der Waals surface area contributed by atoms with Crippen molar-refractivity contribution in [2.75, 3.05) is 0 Å². The monoisotopic (exact) mass is 920 g/mol. The van der Waals surface area contributed by atoms with Gasteiger partial charge < -0.3 is 0 Å². The third kappa shape index (κ3) is 10.0. The van der Waals surface area contributed by atoms with Crippen molar-refractivity contribution in [2.45, 2.75) is 71.3 Å². The maximum atomic E-state index is 2.70. The normalized spacial score (nSPS) is 14.7. The molecule has 9 aromatic rings. The lowest BCUT2D eigenvalue weighted by molar-refractivity contribution is 0.869. The molecule has 0 saturated heterocycles. The van der Waals surface area contributed by atoms with Gasteiger partial charge in [0.05, 0.1) is 0 Å². The van der Waals surface area contributed by atoms with Crippen molar-refractivity contribution in [3.8, 4) is 0 Å². The van der Waals surface area contributed by atoms with Crippen LogP contribution >= 0.6 is 0 Å². The Morgan fingerprint density at radius 3 is 0.686 bits per heavy atom. The van der Waals surface area contributed by atoms with E-state index in [1.165, 1.54) is 99.0 Å². The van der Waals surface area contributed by atoms with Crippen molar-refractivity contribution in [3.05, 3.63) is 326 Å². The molecule has 0 aliphatic heterocycles. The fourth-order valence-electron chi connectivity index (χ4n) is 11.7. The van der Waals surface area contributed by atoms with E-state index in [0.717, 1.165) is 38.5 Å². The number of hydrogen-bond donors (Lipinski definition) is 0. The second-order valence-electron chi connectivity index (χ2n) is 20.1. The number of allylic oxidation sites excluding steroid dienone is 4. The Morgan fingerprint density at radius 2 is 0.500 bits per heavy atom. The highest BCUT2D eigenvalue weighted by Crippen LogP contribution is 2.53. The topological polar surface area (TPSA) is 0 Å². The van der Waals surface area contributed by atoms with Crippen molar-refractivity contribution in [2.24, 2.45) is 0 Å². The van der Waals surface area contributed by atoms with Crippen LogP contribution in [0.1, 0.15) is 94.5 Å². The van der Waals surface area contributed by atoms with Gasteiger partial charge in [0.2, 0.25) is 0 Å². The summed E-state index contributed by atoms with van der Waals surface area (Å²) >= 11 is 0. The smallest absolute Gasteiger partial charge is 0.0730 e. The molecule has 0 bridgehead atoms. The molecule has 0 heterocycles. The minimum Gasteiger partial charge on any atom is -0.0730 e. The lowest BCUT2D eigenvalue weighted by atomic mass is 9.98. The van der Waals surface area contributed by atoms with Crippen LogP contribution in [-0.2, 0) is 38.5 Å². The SMILES string of the molecule is CC1=CC(C)([Si](c2cc(Cc3ccccc3)cc(Cc3ccccc3)c2)(c2cc(Cc3ccccc3)cc(Cc3ccccc3)c2)c2cc(Cc3ccccc3)cc(Cc3ccccc3)c2)C(C)=C1C. The van der Waals surface area contributed by atoms with E-state index in [-0.39, 0.29) is 5.04 Å². The Balaban J connectivity index is 1.34. The van der Waals surface area contributed by atoms with E-state index in [4.69, 9.17) is 0 Å². The van der Waals surface area contributed by atoms with Gasteiger partial charge in [-0.25, -0.2) is 0 Å². The average molecular weight is 921 g/mol. The number of benzene rings is 9. The van der Waals surface area contributed by atoms with Crippen LogP contribution < -0.4 is 15.6 Å². The third-order valence-electron chi connectivity index (χ3n) is 15.2. The zero-order valence-electron chi connectivity index (χ0n) is 41.3. The summed E-state index contributed by atoms with van der Waals surface area (Å²) < 4.78 is 0. The summed E-state index contributed by atoms with van der Waals surface area (Å²) in [6.45, 7) is 9.81. The molecule has 0 fully saturated rings. The van der Waals surface area contributed by atoms with E-state index in [1.807, 2.05) is 0 Å². The summed E-state index contributed by atoms with van der Waals surface area (Å²) in [5, 5.41) is 4.08. The lowest BCUT2D eigenvalue weighted by Gasteiger charge is -2.48. The van der Waals surface area contributed by atoms with Gasteiger partial charge in [-0.05, 0) is 147 Å². The molecule has 70 heavy (non-hydrogen) atoms. The molecule has 1 heteroatoms. The van der Waals surface area contributed by atoms with Crippen molar-refractivity contribution < 1.29 is 0 Å². The van der Waals surface area contributed by atoms with Crippen LogP contribution in [0.25, 0.3) is 0 Å². The van der Waals surface area contributed by atoms with E-state index in [2.05, 4.69) is 270 Å². The lowest BCUT2D eigenvalue weighted by Crippen LogP contribution is -2.73. The van der Waals surface area contributed by atoms with Gasteiger partial charge in [0, 0.05) is 5.04 Å². The molecule has 1 aliphatic carbocycles. The maximum Gasteiger partial charge on any atom is 0.161 e. The van der Waals surface area contributed by atoms with E-state index < -0.39 is 8.07 Å². The Bertz CT molecular complexity index is 2770. The fourth-order valence-corrected chi connectivity index (χ4v) is 18.1. The molecule has 1 atom stereocenters. The van der Waals surface area contributed by atoms with Crippen LogP contribution in [-0.4, -0.2) is 8.07 Å². The van der Waals surface area contributed by atoms with Gasteiger partial charge in [-0.1, -0.05) is 261 Å². The molecule has 1 unspecified atom stereocenters. The van der Waals surface area contributed by atoms with E-state index in [9.17, 15) is 0 Å². The Morgan fingerprint density at radius 1 is 0.286 bits per heavy atom. The minimum atomic E-state index is -3.29. The number of rotatable bonds is 16. The van der Waals surface area contributed by atoms with Gasteiger partial charge in [0.15, 0.2) is 8.07 Å². The number of hydrogen-bond acceptors (Lipinski definition) is 0. The predicted octanol–water partition coefficient (Wildman–Crippen LogP) is 14.8. The molecule has 0 nitrogen and oxygen atoms in total. The molecule has 0 N–H and O–H groups in total. The van der Waals surface area contributed by atoms with Crippen molar-refractivity contribution in [1.29, 1.82) is 0 Å². The van der Waals surface area contributed by atoms with Crippen LogP contribution in [0, 0.1) is 0 Å². The summed E-state index contributed by atoms with van der Waals surface area (Å²) in [6, 6.07) is 90.0. The summed E-state index contributed by atoms with van der Waals surface area (Å²) in [5.41, 5.74) is 20.4. The predicted molar refractivity (Wildman–Crippen MR) is 300 cm³/mol. The molecule has 0 amide bonds. The fraction of sp³-hybridized carbons (Fsp3) is 0.159. The molecule has 0 spiro atoms. The van der Waals surface area contributed by atoms with Crippen LogP contribution in [0.2, 0.25) is 5.04 Å². The quantitative estimate of drug-likeness (QED) is 0.0669. The van der Waals surface area contributed by atoms with Crippen LogP contribution in [0.3, 0.4) is 0 Å². The molecule has 10 rings (SSSR count). The molecule has 0 saturated carbocycles. The van der Waals surface area contributed by atoms with Gasteiger partial charge in [-0.2, -0.15) is 0 Å². The van der Waals surface area contributed by atoms with Crippen LogP contribution in [0.5, 0.6) is 0 Å². The minimum absolute atomic E-state index is 0.332. The summed E-state index contributed by atoms with van der Waals surface area (Å²) in [5.74, 6) is 0. The first-order valence-electron chi connectivity index (χ1n) is 25.2. The molecular weight excluding hydrogens is 857 g/mol. The van der Waals surface area contributed by atoms with E-state index >= 15 is 0 Å². The Hall–Kier alpha value is -7.32. The molecule has 0 radical (unpaired) electrons. The Kier molecular flexibility index (Phi) is 13.7. The largest absolute Gasteiger partial charge is 0.161 e. The molecular formula is C69H64Si. The first kappa shape index (κ1) is 46.4. The zero-order chi connectivity index (χ0) is 47.9. The molecule has 9 aromatic carbocycles.